The zero-order chi connectivity index (χ0) is 21.1. The molecule has 0 saturated carbocycles. The molecule has 6 heteroatoms. The Morgan fingerprint density at radius 2 is 1.67 bits per heavy atom. The van der Waals surface area contributed by atoms with Crippen molar-refractivity contribution in [2.75, 3.05) is 54.5 Å². The monoisotopic (exact) mass is 405 g/mol. The lowest BCUT2D eigenvalue weighted by molar-refractivity contribution is 0.102. The average molecular weight is 406 g/mol. The van der Waals surface area contributed by atoms with Crippen LogP contribution in [0.25, 0.3) is 0 Å². The smallest absolute Gasteiger partial charge is 0.255 e. The normalized spacial score (nSPS) is 17.2. The van der Waals surface area contributed by atoms with Crippen LogP contribution in [-0.4, -0.2) is 55.8 Å². The summed E-state index contributed by atoms with van der Waals surface area (Å²) >= 11 is 0. The van der Waals surface area contributed by atoms with Crippen molar-refractivity contribution in [3.8, 4) is 0 Å². The number of rotatable bonds is 5. The number of hydrazone groups is 1. The van der Waals surface area contributed by atoms with Crippen molar-refractivity contribution in [1.82, 2.24) is 4.90 Å². The van der Waals surface area contributed by atoms with Gasteiger partial charge in [-0.15, -0.1) is 0 Å². The second-order valence-corrected chi connectivity index (χ2v) is 8.13. The summed E-state index contributed by atoms with van der Waals surface area (Å²) in [6.45, 7) is 12.6. The minimum Gasteiger partial charge on any atom is -0.369 e. The van der Waals surface area contributed by atoms with Crippen LogP contribution in [-0.2, 0) is 0 Å². The van der Waals surface area contributed by atoms with E-state index in [9.17, 15) is 4.79 Å². The summed E-state index contributed by atoms with van der Waals surface area (Å²) in [5, 5.41) is 9.56. The Balaban J connectivity index is 1.39. The van der Waals surface area contributed by atoms with Crippen LogP contribution < -0.4 is 15.2 Å². The van der Waals surface area contributed by atoms with Crippen molar-refractivity contribution in [2.24, 2.45) is 5.10 Å². The van der Waals surface area contributed by atoms with Crippen LogP contribution in [0.1, 0.15) is 36.2 Å². The van der Waals surface area contributed by atoms with Crippen molar-refractivity contribution in [3.63, 3.8) is 0 Å². The van der Waals surface area contributed by atoms with Crippen LogP contribution >= 0.6 is 0 Å². The molecule has 6 nitrogen and oxygen atoms in total. The average Bonchev–Trinajstić information content (AvgIpc) is 3.21. The van der Waals surface area contributed by atoms with Crippen molar-refractivity contribution in [3.05, 3.63) is 53.6 Å². The molecule has 2 aromatic rings. The number of carbonyl (C=O) groups is 1. The molecule has 158 valence electrons. The molecule has 30 heavy (non-hydrogen) atoms. The van der Waals surface area contributed by atoms with Gasteiger partial charge in [0.25, 0.3) is 5.91 Å². The first-order valence-electron chi connectivity index (χ1n) is 10.8. The van der Waals surface area contributed by atoms with Gasteiger partial charge in [-0.3, -0.25) is 9.80 Å². The van der Waals surface area contributed by atoms with Crippen LogP contribution in [0.2, 0.25) is 0 Å². The predicted molar refractivity (Wildman–Crippen MR) is 125 cm³/mol. The largest absolute Gasteiger partial charge is 0.369 e. The molecule has 2 aromatic carbocycles. The minimum absolute atomic E-state index is 0.0879. The third-order valence-corrected chi connectivity index (χ3v) is 6.05. The number of nitrogens with zero attached hydrogens (tertiary/aromatic N) is 4. The van der Waals surface area contributed by atoms with Gasteiger partial charge in [0.2, 0.25) is 0 Å². The second-order valence-electron chi connectivity index (χ2n) is 8.13. The Morgan fingerprint density at radius 1 is 0.967 bits per heavy atom. The molecule has 0 aliphatic carbocycles. The fourth-order valence-electron chi connectivity index (χ4n) is 4.05. The summed E-state index contributed by atoms with van der Waals surface area (Å²) in [5.74, 6) is -0.0879. The summed E-state index contributed by atoms with van der Waals surface area (Å²) in [4.78, 5) is 17.6. The molecule has 0 unspecified atom stereocenters. The first kappa shape index (κ1) is 20.4. The summed E-state index contributed by atoms with van der Waals surface area (Å²) in [6.07, 6.45) is 0.992. The Hall–Kier alpha value is -2.86. The first-order valence-corrected chi connectivity index (χ1v) is 10.8. The summed E-state index contributed by atoms with van der Waals surface area (Å²) < 4.78 is 0. The topological polar surface area (TPSA) is 51.2 Å². The van der Waals surface area contributed by atoms with Gasteiger partial charge in [-0.05, 0) is 68.4 Å². The number of likely N-dealkylation sites (N-methyl/N-ethyl adjacent to an activating group) is 1. The highest BCUT2D eigenvalue weighted by Crippen LogP contribution is 2.25. The van der Waals surface area contributed by atoms with E-state index in [2.05, 4.69) is 46.2 Å². The highest BCUT2D eigenvalue weighted by Gasteiger charge is 2.17. The molecule has 1 N–H and O–H groups in total. The molecule has 2 heterocycles. The molecule has 0 atom stereocenters. The van der Waals surface area contributed by atoms with Gasteiger partial charge in [0, 0.05) is 61.8 Å². The standard InChI is InChI=1S/C24H31N5O/c1-4-27-13-15-28(16-14-27)22-9-10-23(18(2)17-22)25-24(30)20-5-7-21(8-6-20)29-12-11-19(3)26-29/h5-10,17H,4,11-16H2,1-3H3,(H,25,30). The Morgan fingerprint density at radius 3 is 2.27 bits per heavy atom. The Labute approximate surface area is 179 Å². The maximum atomic E-state index is 12.7. The number of hydrogen-bond donors (Lipinski definition) is 1. The Bertz CT molecular complexity index is 929. The maximum Gasteiger partial charge on any atom is 0.255 e. The van der Waals surface area contributed by atoms with Crippen LogP contribution in [0.15, 0.2) is 47.6 Å². The van der Waals surface area contributed by atoms with Gasteiger partial charge in [0.05, 0.1) is 5.69 Å². The summed E-state index contributed by atoms with van der Waals surface area (Å²) in [6, 6.07) is 14.0. The van der Waals surface area contributed by atoms with Crippen LogP contribution in [0.3, 0.4) is 0 Å². The van der Waals surface area contributed by atoms with E-state index in [0.717, 1.165) is 68.3 Å². The van der Waals surface area contributed by atoms with E-state index in [1.165, 1.54) is 5.69 Å². The molecule has 0 radical (unpaired) electrons. The quantitative estimate of drug-likeness (QED) is 0.818. The van der Waals surface area contributed by atoms with Crippen LogP contribution in [0.4, 0.5) is 17.1 Å². The van der Waals surface area contributed by atoms with Gasteiger partial charge < -0.3 is 15.1 Å². The molecule has 4 rings (SSSR count). The summed E-state index contributed by atoms with van der Waals surface area (Å²) in [5.41, 5.74) is 5.98. The predicted octanol–water partition coefficient (Wildman–Crippen LogP) is 3.98. The minimum atomic E-state index is -0.0879. The SMILES string of the molecule is CCN1CCN(c2ccc(NC(=O)c3ccc(N4CCC(C)=N4)cc3)c(C)c2)CC1. The molecule has 1 fully saturated rings. The van der Waals surface area contributed by atoms with E-state index in [0.29, 0.717) is 5.56 Å². The van der Waals surface area contributed by atoms with Crippen molar-refractivity contribution in [1.29, 1.82) is 0 Å². The lowest BCUT2D eigenvalue weighted by Crippen LogP contribution is -2.46. The fraction of sp³-hybridized carbons (Fsp3) is 0.417. The number of carbonyl (C=O) groups excluding carboxylic acids is 1. The lowest BCUT2D eigenvalue weighted by Gasteiger charge is -2.35. The third kappa shape index (κ3) is 4.49. The number of amides is 1. The highest BCUT2D eigenvalue weighted by atomic mass is 16.1. The Kier molecular flexibility index (Phi) is 6.04. The first-order chi connectivity index (χ1) is 14.5. The highest BCUT2D eigenvalue weighted by molar-refractivity contribution is 6.05. The van der Waals surface area contributed by atoms with E-state index in [1.54, 1.807) is 0 Å². The molecule has 0 bridgehead atoms. The van der Waals surface area contributed by atoms with Gasteiger partial charge in [-0.2, -0.15) is 5.10 Å². The van der Waals surface area contributed by atoms with Gasteiger partial charge in [-0.1, -0.05) is 6.92 Å². The third-order valence-electron chi connectivity index (χ3n) is 6.05. The van der Waals surface area contributed by atoms with Gasteiger partial charge in [-0.25, -0.2) is 0 Å². The summed E-state index contributed by atoms with van der Waals surface area (Å²) in [7, 11) is 0. The molecular formula is C24H31N5O. The van der Waals surface area contributed by atoms with E-state index in [4.69, 9.17) is 0 Å². The zero-order valence-electron chi connectivity index (χ0n) is 18.2. The number of aryl methyl sites for hydroxylation is 1. The van der Waals surface area contributed by atoms with Gasteiger partial charge in [0.1, 0.15) is 0 Å². The fourth-order valence-corrected chi connectivity index (χ4v) is 4.05. The molecular weight excluding hydrogens is 374 g/mol. The number of hydrogen-bond acceptors (Lipinski definition) is 5. The number of benzene rings is 2. The molecule has 1 saturated heterocycles. The van der Waals surface area contributed by atoms with Gasteiger partial charge >= 0.3 is 0 Å². The van der Waals surface area contributed by atoms with Crippen LogP contribution in [0.5, 0.6) is 0 Å². The van der Waals surface area contributed by atoms with Crippen molar-refractivity contribution in [2.45, 2.75) is 27.2 Å². The van der Waals surface area contributed by atoms with Crippen molar-refractivity contribution < 1.29 is 4.79 Å². The van der Waals surface area contributed by atoms with Gasteiger partial charge in [0.15, 0.2) is 0 Å². The molecule has 0 aromatic heterocycles. The van der Waals surface area contributed by atoms with Crippen molar-refractivity contribution >= 4 is 28.7 Å². The van der Waals surface area contributed by atoms with E-state index < -0.39 is 0 Å². The number of anilines is 3. The van der Waals surface area contributed by atoms with E-state index >= 15 is 0 Å². The second kappa shape index (κ2) is 8.88. The van der Waals surface area contributed by atoms with E-state index in [-0.39, 0.29) is 5.91 Å². The zero-order valence-corrected chi connectivity index (χ0v) is 18.2. The van der Waals surface area contributed by atoms with E-state index in [1.807, 2.05) is 42.3 Å². The molecule has 1 amide bonds. The lowest BCUT2D eigenvalue weighted by atomic mass is 10.1. The molecule has 2 aliphatic heterocycles. The number of nitrogens with one attached hydrogen (secondary N) is 1. The molecule has 0 spiro atoms. The van der Waals surface area contributed by atoms with Crippen LogP contribution in [0, 0.1) is 6.92 Å². The number of piperazine rings is 1. The molecule has 2 aliphatic rings. The maximum absolute atomic E-state index is 12.7.